The summed E-state index contributed by atoms with van der Waals surface area (Å²) in [5, 5.41) is 26.0. The molecule has 2 aliphatic rings. The summed E-state index contributed by atoms with van der Waals surface area (Å²) in [7, 11) is 0. The number of aromatic nitrogens is 2. The van der Waals surface area contributed by atoms with Crippen molar-refractivity contribution in [3.63, 3.8) is 0 Å². The monoisotopic (exact) mass is 411 g/mol. The summed E-state index contributed by atoms with van der Waals surface area (Å²) in [6.07, 6.45) is 5.30. The molecule has 0 unspecified atom stereocenters. The van der Waals surface area contributed by atoms with Gasteiger partial charge in [-0.25, -0.2) is 0 Å². The van der Waals surface area contributed by atoms with E-state index in [0.717, 1.165) is 35.1 Å². The minimum Gasteiger partial charge on any atom is -0.395 e. The van der Waals surface area contributed by atoms with E-state index in [1.165, 1.54) is 0 Å². The number of carbonyl (C=O) groups excluding carboxylic acids is 1. The normalized spacial score (nSPS) is 15.7. The van der Waals surface area contributed by atoms with E-state index in [1.54, 1.807) is 23.1 Å². The third-order valence-electron chi connectivity index (χ3n) is 6.05. The number of hydrogen-bond acceptors (Lipinski definition) is 5. The largest absolute Gasteiger partial charge is 0.395 e. The molecule has 0 spiro atoms. The highest BCUT2D eigenvalue weighted by molar-refractivity contribution is 6.49. The molecular weight excluding hydrogens is 390 g/mol. The van der Waals surface area contributed by atoms with Crippen LogP contribution in [0, 0.1) is 11.3 Å². The molecule has 1 saturated carbocycles. The molecule has 5 rings (SSSR count). The molecule has 7 heteroatoms. The van der Waals surface area contributed by atoms with Crippen LogP contribution in [0.2, 0.25) is 0 Å². The highest BCUT2D eigenvalue weighted by atomic mass is 16.3. The molecule has 2 aromatic carbocycles. The van der Waals surface area contributed by atoms with Crippen molar-refractivity contribution in [2.24, 2.45) is 4.99 Å². The molecule has 1 fully saturated rings. The first kappa shape index (κ1) is 19.2. The number of nitriles is 1. The lowest BCUT2D eigenvalue weighted by molar-refractivity contribution is -0.110. The van der Waals surface area contributed by atoms with Crippen molar-refractivity contribution in [1.29, 1.82) is 5.26 Å². The van der Waals surface area contributed by atoms with Crippen LogP contribution in [-0.2, 0) is 23.3 Å². The predicted octanol–water partition coefficient (Wildman–Crippen LogP) is 2.77. The van der Waals surface area contributed by atoms with Crippen molar-refractivity contribution in [3.8, 4) is 6.07 Å². The van der Waals surface area contributed by atoms with E-state index in [4.69, 9.17) is 5.26 Å². The van der Waals surface area contributed by atoms with Crippen LogP contribution in [0.1, 0.15) is 40.7 Å². The summed E-state index contributed by atoms with van der Waals surface area (Å²) >= 11 is 0. The molecule has 2 heterocycles. The molecule has 3 aromatic rings. The molecule has 1 aliphatic heterocycles. The van der Waals surface area contributed by atoms with Gasteiger partial charge < -0.3 is 10.4 Å². The zero-order chi connectivity index (χ0) is 21.4. The Morgan fingerprint density at radius 2 is 2.13 bits per heavy atom. The maximum atomic E-state index is 12.9. The first-order valence-corrected chi connectivity index (χ1v) is 10.2. The summed E-state index contributed by atoms with van der Waals surface area (Å²) in [5.41, 5.74) is 5.35. The summed E-state index contributed by atoms with van der Waals surface area (Å²) in [6, 6.07) is 15.5. The van der Waals surface area contributed by atoms with Crippen LogP contribution < -0.4 is 5.32 Å². The Morgan fingerprint density at radius 3 is 2.90 bits per heavy atom. The molecule has 0 atom stereocenters. The molecule has 0 radical (unpaired) electrons. The topological polar surface area (TPSA) is 103 Å². The van der Waals surface area contributed by atoms with Crippen molar-refractivity contribution < 1.29 is 9.90 Å². The van der Waals surface area contributed by atoms with Gasteiger partial charge in [0.25, 0.3) is 5.91 Å². The van der Waals surface area contributed by atoms with E-state index < -0.39 is 0 Å². The number of benzene rings is 2. The van der Waals surface area contributed by atoms with Crippen molar-refractivity contribution in [3.05, 3.63) is 82.7 Å². The number of fused-ring (bicyclic) bond motifs is 1. The number of aliphatic imine (C=N–C) groups is 1. The molecule has 1 aromatic heterocycles. The Morgan fingerprint density at radius 1 is 1.26 bits per heavy atom. The van der Waals surface area contributed by atoms with Gasteiger partial charge in [0.15, 0.2) is 0 Å². The van der Waals surface area contributed by atoms with Gasteiger partial charge in [0.1, 0.15) is 5.71 Å². The number of rotatable bonds is 6. The lowest BCUT2D eigenvalue weighted by Crippen LogP contribution is -2.23. The zero-order valence-corrected chi connectivity index (χ0v) is 16.9. The molecule has 0 saturated heterocycles. The lowest BCUT2D eigenvalue weighted by Gasteiger charge is -2.14. The number of carbonyl (C=O) groups is 1. The minimum absolute atomic E-state index is 0.126. The van der Waals surface area contributed by atoms with Crippen LogP contribution in [0.5, 0.6) is 0 Å². The van der Waals surface area contributed by atoms with E-state index in [1.807, 2.05) is 36.4 Å². The van der Waals surface area contributed by atoms with Gasteiger partial charge in [-0.15, -0.1) is 0 Å². The smallest absolute Gasteiger partial charge is 0.274 e. The lowest BCUT2D eigenvalue weighted by atomic mass is 9.92. The SMILES string of the molecule is N#Cc1cccc(Cn2cc(NC(=O)C3=NCc4ccc(C5(CO)CC5)cc43)cn2)c1. The van der Waals surface area contributed by atoms with E-state index in [2.05, 4.69) is 21.5 Å². The van der Waals surface area contributed by atoms with Crippen LogP contribution >= 0.6 is 0 Å². The molecule has 0 bridgehead atoms. The third kappa shape index (κ3) is 3.62. The maximum Gasteiger partial charge on any atom is 0.274 e. The average molecular weight is 411 g/mol. The Kier molecular flexibility index (Phi) is 4.64. The predicted molar refractivity (Wildman–Crippen MR) is 116 cm³/mol. The van der Waals surface area contributed by atoms with Gasteiger partial charge in [-0.3, -0.25) is 14.5 Å². The molecule has 31 heavy (non-hydrogen) atoms. The Balaban J connectivity index is 1.30. The van der Waals surface area contributed by atoms with Crippen LogP contribution in [0.4, 0.5) is 5.69 Å². The number of aliphatic hydroxyl groups is 1. The second-order valence-electron chi connectivity index (χ2n) is 8.17. The van der Waals surface area contributed by atoms with Crippen LogP contribution in [0.25, 0.3) is 0 Å². The van der Waals surface area contributed by atoms with Crippen LogP contribution in [0.15, 0.2) is 59.9 Å². The average Bonchev–Trinajstić information content (AvgIpc) is 3.29. The Hall–Kier alpha value is -3.76. The minimum atomic E-state index is -0.268. The van der Waals surface area contributed by atoms with Crippen molar-refractivity contribution in [2.75, 3.05) is 11.9 Å². The quantitative estimate of drug-likeness (QED) is 0.651. The summed E-state index contributed by atoms with van der Waals surface area (Å²) in [4.78, 5) is 17.4. The fraction of sp³-hybridized carbons (Fsp3) is 0.250. The van der Waals surface area contributed by atoms with Crippen molar-refractivity contribution in [2.45, 2.75) is 31.3 Å². The number of amides is 1. The number of nitrogens with one attached hydrogen (secondary N) is 1. The zero-order valence-electron chi connectivity index (χ0n) is 16.9. The van der Waals surface area contributed by atoms with Crippen molar-refractivity contribution >= 4 is 17.3 Å². The highest BCUT2D eigenvalue weighted by Gasteiger charge is 2.44. The number of hydrogen-bond donors (Lipinski definition) is 2. The third-order valence-corrected chi connectivity index (χ3v) is 6.05. The molecule has 1 aliphatic carbocycles. The van der Waals surface area contributed by atoms with Crippen molar-refractivity contribution in [1.82, 2.24) is 9.78 Å². The van der Waals surface area contributed by atoms with E-state index in [9.17, 15) is 9.90 Å². The van der Waals surface area contributed by atoms with Crippen LogP contribution in [-0.4, -0.2) is 33.1 Å². The second-order valence-corrected chi connectivity index (χ2v) is 8.17. The molecular formula is C24H21N5O2. The first-order chi connectivity index (χ1) is 15.1. The van der Waals surface area contributed by atoms with Gasteiger partial charge >= 0.3 is 0 Å². The fourth-order valence-corrected chi connectivity index (χ4v) is 4.03. The maximum absolute atomic E-state index is 12.9. The van der Waals surface area contributed by atoms with E-state index in [0.29, 0.717) is 30.1 Å². The summed E-state index contributed by atoms with van der Waals surface area (Å²) < 4.78 is 1.71. The fourth-order valence-electron chi connectivity index (χ4n) is 4.03. The van der Waals surface area contributed by atoms with E-state index >= 15 is 0 Å². The first-order valence-electron chi connectivity index (χ1n) is 10.2. The van der Waals surface area contributed by atoms with Gasteiger partial charge in [-0.1, -0.05) is 24.3 Å². The summed E-state index contributed by atoms with van der Waals surface area (Å²) in [5.74, 6) is -0.268. The van der Waals surface area contributed by atoms with Gasteiger partial charge in [0.2, 0.25) is 0 Å². The van der Waals surface area contributed by atoms with E-state index in [-0.39, 0.29) is 17.9 Å². The molecule has 1 amide bonds. The Labute approximate surface area is 179 Å². The second kappa shape index (κ2) is 7.49. The highest BCUT2D eigenvalue weighted by Crippen LogP contribution is 2.48. The standard InChI is InChI=1S/C24H21N5O2/c25-10-16-2-1-3-17(8-16)13-29-14-20(12-27-29)28-23(31)22-21-9-19(24(15-30)6-7-24)5-4-18(21)11-26-22/h1-5,8-9,12,14,30H,6-7,11,13,15H2,(H,28,31). The summed E-state index contributed by atoms with van der Waals surface area (Å²) in [6.45, 7) is 1.11. The number of aliphatic hydroxyl groups excluding tert-OH is 1. The van der Waals surface area contributed by atoms with Gasteiger partial charge in [-0.2, -0.15) is 10.4 Å². The molecule has 7 nitrogen and oxygen atoms in total. The van der Waals surface area contributed by atoms with Gasteiger partial charge in [0, 0.05) is 17.2 Å². The van der Waals surface area contributed by atoms with Gasteiger partial charge in [-0.05, 0) is 47.7 Å². The molecule has 154 valence electrons. The number of anilines is 1. The van der Waals surface area contributed by atoms with Crippen LogP contribution in [0.3, 0.4) is 0 Å². The number of nitrogens with zero attached hydrogens (tertiary/aromatic N) is 4. The Bertz CT molecular complexity index is 1250. The van der Waals surface area contributed by atoms with Gasteiger partial charge in [0.05, 0.1) is 43.2 Å². The molecule has 2 N–H and O–H groups in total.